The van der Waals surface area contributed by atoms with E-state index in [1.54, 1.807) is 6.08 Å². The molecular weight excluding hydrogens is 176 g/mol. The van der Waals surface area contributed by atoms with Crippen molar-refractivity contribution < 1.29 is 9.47 Å². The highest BCUT2D eigenvalue weighted by Gasteiger charge is 2.22. The zero-order valence-electron chi connectivity index (χ0n) is 8.48. The number of allylic oxidation sites excluding steroid dienone is 1. The van der Waals surface area contributed by atoms with Crippen LogP contribution in [0.3, 0.4) is 0 Å². The SMILES string of the molecule is C=CC.c1ccc(OCC2CO2)cc1. The van der Waals surface area contributed by atoms with Gasteiger partial charge in [0.05, 0.1) is 6.61 Å². The summed E-state index contributed by atoms with van der Waals surface area (Å²) in [7, 11) is 0. The van der Waals surface area contributed by atoms with Gasteiger partial charge in [-0.15, -0.1) is 6.58 Å². The van der Waals surface area contributed by atoms with Crippen molar-refractivity contribution in [1.82, 2.24) is 0 Å². The summed E-state index contributed by atoms with van der Waals surface area (Å²) in [5.74, 6) is 0.919. The van der Waals surface area contributed by atoms with E-state index in [9.17, 15) is 0 Å². The lowest BCUT2D eigenvalue weighted by Gasteiger charge is -2.01. The molecule has 0 N–H and O–H groups in total. The molecule has 1 heterocycles. The van der Waals surface area contributed by atoms with E-state index in [1.807, 2.05) is 37.3 Å². The molecule has 14 heavy (non-hydrogen) atoms. The summed E-state index contributed by atoms with van der Waals surface area (Å²) in [6, 6.07) is 9.79. The molecule has 76 valence electrons. The summed E-state index contributed by atoms with van der Waals surface area (Å²) >= 11 is 0. The van der Waals surface area contributed by atoms with Crippen LogP contribution < -0.4 is 4.74 Å². The number of ether oxygens (including phenoxy) is 2. The van der Waals surface area contributed by atoms with Gasteiger partial charge in [0.1, 0.15) is 18.5 Å². The molecule has 0 saturated carbocycles. The highest BCUT2D eigenvalue weighted by Crippen LogP contribution is 2.13. The van der Waals surface area contributed by atoms with Gasteiger partial charge in [-0.1, -0.05) is 24.3 Å². The maximum atomic E-state index is 5.40. The summed E-state index contributed by atoms with van der Waals surface area (Å²) in [6.45, 7) is 6.79. The molecule has 2 rings (SSSR count). The highest BCUT2D eigenvalue weighted by atomic mass is 16.6. The van der Waals surface area contributed by atoms with Crippen LogP contribution in [0.4, 0.5) is 0 Å². The Labute approximate surface area is 85.2 Å². The fourth-order valence-electron chi connectivity index (χ4n) is 0.870. The second-order valence-electron chi connectivity index (χ2n) is 2.99. The molecule has 0 radical (unpaired) electrons. The van der Waals surface area contributed by atoms with Gasteiger partial charge in [-0.25, -0.2) is 0 Å². The third-order valence-corrected chi connectivity index (χ3v) is 1.58. The first-order valence-corrected chi connectivity index (χ1v) is 4.73. The summed E-state index contributed by atoms with van der Waals surface area (Å²) in [6.07, 6.45) is 2.09. The van der Waals surface area contributed by atoms with E-state index in [1.165, 1.54) is 0 Å². The Morgan fingerprint density at radius 2 is 2.07 bits per heavy atom. The first kappa shape index (κ1) is 10.8. The Balaban J connectivity index is 0.000000293. The third kappa shape index (κ3) is 4.67. The van der Waals surface area contributed by atoms with E-state index in [4.69, 9.17) is 9.47 Å². The smallest absolute Gasteiger partial charge is 0.119 e. The molecule has 1 fully saturated rings. The summed E-state index contributed by atoms with van der Waals surface area (Å²) in [5.41, 5.74) is 0. The van der Waals surface area contributed by atoms with Crippen molar-refractivity contribution in [2.45, 2.75) is 13.0 Å². The normalized spacial score (nSPS) is 17.6. The minimum absolute atomic E-state index is 0.343. The molecular formula is C12H16O2. The summed E-state index contributed by atoms with van der Waals surface area (Å²) in [5, 5.41) is 0. The van der Waals surface area contributed by atoms with Crippen molar-refractivity contribution in [1.29, 1.82) is 0 Å². The molecule has 1 aliphatic rings. The van der Waals surface area contributed by atoms with Crippen molar-refractivity contribution in [3.05, 3.63) is 43.0 Å². The number of rotatable bonds is 3. The van der Waals surface area contributed by atoms with Crippen LogP contribution in [-0.4, -0.2) is 19.3 Å². The Hall–Kier alpha value is -1.28. The van der Waals surface area contributed by atoms with Crippen LogP contribution in [0.15, 0.2) is 43.0 Å². The van der Waals surface area contributed by atoms with Crippen molar-refractivity contribution in [3.63, 3.8) is 0 Å². The van der Waals surface area contributed by atoms with Gasteiger partial charge in [-0.3, -0.25) is 0 Å². The molecule has 1 aromatic carbocycles. The highest BCUT2D eigenvalue weighted by molar-refractivity contribution is 5.20. The van der Waals surface area contributed by atoms with E-state index in [0.29, 0.717) is 12.7 Å². The average molecular weight is 192 g/mol. The van der Waals surface area contributed by atoms with Crippen LogP contribution in [0.5, 0.6) is 5.75 Å². The van der Waals surface area contributed by atoms with Crippen molar-refractivity contribution in [2.24, 2.45) is 0 Å². The fraction of sp³-hybridized carbons (Fsp3) is 0.333. The summed E-state index contributed by atoms with van der Waals surface area (Å²) in [4.78, 5) is 0. The largest absolute Gasteiger partial charge is 0.491 e. The quantitative estimate of drug-likeness (QED) is 0.542. The maximum Gasteiger partial charge on any atom is 0.119 e. The lowest BCUT2D eigenvalue weighted by atomic mass is 10.3. The molecule has 1 saturated heterocycles. The molecule has 0 aromatic heterocycles. The van der Waals surface area contributed by atoms with Crippen molar-refractivity contribution >= 4 is 0 Å². The predicted molar refractivity (Wildman–Crippen MR) is 57.5 cm³/mol. The topological polar surface area (TPSA) is 21.8 Å². The minimum atomic E-state index is 0.343. The number of benzene rings is 1. The zero-order chi connectivity index (χ0) is 10.2. The van der Waals surface area contributed by atoms with Gasteiger partial charge in [0.25, 0.3) is 0 Å². The second kappa shape index (κ2) is 6.22. The Morgan fingerprint density at radius 3 is 2.57 bits per heavy atom. The van der Waals surface area contributed by atoms with Gasteiger partial charge in [-0.2, -0.15) is 0 Å². The van der Waals surface area contributed by atoms with Crippen LogP contribution in [0.1, 0.15) is 6.92 Å². The average Bonchev–Trinajstić information content (AvgIpc) is 3.01. The number of para-hydroxylation sites is 1. The zero-order valence-corrected chi connectivity index (χ0v) is 8.48. The molecule has 2 nitrogen and oxygen atoms in total. The van der Waals surface area contributed by atoms with Gasteiger partial charge in [0.15, 0.2) is 0 Å². The molecule has 0 spiro atoms. The molecule has 0 aliphatic carbocycles. The standard InChI is InChI=1S/C9H10O2.C3H6/c1-2-4-8(5-3-1)10-6-9-7-11-9;1-3-2/h1-5,9H,6-7H2;3H,1H2,2H3. The first-order valence-electron chi connectivity index (χ1n) is 4.73. The predicted octanol–water partition coefficient (Wildman–Crippen LogP) is 2.66. The van der Waals surface area contributed by atoms with Gasteiger partial charge < -0.3 is 9.47 Å². The van der Waals surface area contributed by atoms with E-state index in [0.717, 1.165) is 12.4 Å². The maximum absolute atomic E-state index is 5.40. The molecule has 2 heteroatoms. The Kier molecular flexibility index (Phi) is 4.79. The molecule has 1 unspecified atom stereocenters. The lowest BCUT2D eigenvalue weighted by Crippen LogP contribution is -2.03. The second-order valence-corrected chi connectivity index (χ2v) is 2.99. The minimum Gasteiger partial charge on any atom is -0.491 e. The molecule has 1 aliphatic heterocycles. The lowest BCUT2D eigenvalue weighted by molar-refractivity contribution is 0.263. The summed E-state index contributed by atoms with van der Waals surface area (Å²) < 4.78 is 10.4. The van der Waals surface area contributed by atoms with Gasteiger partial charge >= 0.3 is 0 Å². The van der Waals surface area contributed by atoms with Crippen molar-refractivity contribution in [3.8, 4) is 5.75 Å². The van der Waals surface area contributed by atoms with Crippen LogP contribution in [0.2, 0.25) is 0 Å². The third-order valence-electron chi connectivity index (χ3n) is 1.58. The molecule has 0 bridgehead atoms. The van der Waals surface area contributed by atoms with E-state index in [2.05, 4.69) is 6.58 Å². The number of epoxide rings is 1. The van der Waals surface area contributed by atoms with Crippen LogP contribution in [0, 0.1) is 0 Å². The number of hydrogen-bond acceptors (Lipinski definition) is 2. The molecule has 0 amide bonds. The van der Waals surface area contributed by atoms with E-state index < -0.39 is 0 Å². The van der Waals surface area contributed by atoms with Crippen LogP contribution in [-0.2, 0) is 4.74 Å². The van der Waals surface area contributed by atoms with Gasteiger partial charge in [0.2, 0.25) is 0 Å². The fourth-order valence-corrected chi connectivity index (χ4v) is 0.870. The number of hydrogen-bond donors (Lipinski definition) is 0. The monoisotopic (exact) mass is 192 g/mol. The van der Waals surface area contributed by atoms with Crippen LogP contribution >= 0.6 is 0 Å². The van der Waals surface area contributed by atoms with Crippen molar-refractivity contribution in [2.75, 3.05) is 13.2 Å². The molecule has 1 aromatic rings. The van der Waals surface area contributed by atoms with E-state index >= 15 is 0 Å². The van der Waals surface area contributed by atoms with E-state index in [-0.39, 0.29) is 0 Å². The Morgan fingerprint density at radius 1 is 1.50 bits per heavy atom. The van der Waals surface area contributed by atoms with Crippen LogP contribution in [0.25, 0.3) is 0 Å². The first-order chi connectivity index (χ1) is 6.86. The van der Waals surface area contributed by atoms with Gasteiger partial charge in [-0.05, 0) is 19.1 Å². The molecule has 1 atom stereocenters. The Bertz CT molecular complexity index is 252. The van der Waals surface area contributed by atoms with Gasteiger partial charge in [0, 0.05) is 0 Å².